The van der Waals surface area contributed by atoms with Gasteiger partial charge in [-0.25, -0.2) is 5.84 Å². The van der Waals surface area contributed by atoms with E-state index >= 15 is 0 Å². The Morgan fingerprint density at radius 1 is 1.44 bits per heavy atom. The molecule has 1 aliphatic carbocycles. The minimum atomic E-state index is 0.333. The van der Waals surface area contributed by atoms with Crippen molar-refractivity contribution in [2.45, 2.75) is 25.8 Å². The van der Waals surface area contributed by atoms with E-state index in [-0.39, 0.29) is 0 Å². The van der Waals surface area contributed by atoms with Gasteiger partial charge in [0.25, 0.3) is 0 Å². The zero-order valence-corrected chi connectivity index (χ0v) is 11.0. The fourth-order valence-electron chi connectivity index (χ4n) is 2.72. The Morgan fingerprint density at radius 2 is 2.28 bits per heavy atom. The minimum Gasteiger partial charge on any atom is -0.358 e. The van der Waals surface area contributed by atoms with Crippen LogP contribution in [0.1, 0.15) is 16.8 Å². The molecule has 0 saturated carbocycles. The van der Waals surface area contributed by atoms with E-state index in [1.165, 1.54) is 27.7 Å². The van der Waals surface area contributed by atoms with Crippen molar-refractivity contribution in [3.05, 3.63) is 35.0 Å². The molecule has 4 nitrogen and oxygen atoms in total. The summed E-state index contributed by atoms with van der Waals surface area (Å²) in [6, 6.07) is 6.86. The van der Waals surface area contributed by atoms with Gasteiger partial charge in [-0.2, -0.15) is 0 Å². The molecule has 0 fully saturated rings. The van der Waals surface area contributed by atoms with E-state index in [0.29, 0.717) is 11.2 Å². The fraction of sp³-hybridized carbons (Fsp3) is 0.308. The third kappa shape index (κ3) is 1.85. The Bertz CT molecular complexity index is 617. The van der Waals surface area contributed by atoms with E-state index in [4.69, 9.17) is 18.1 Å². The first-order valence-electron chi connectivity index (χ1n) is 6.04. The number of fused-ring (bicyclic) bond motifs is 3. The SMILES string of the molecule is Cc1ccc2[nH]c3c(c2c1)CC(NC(=S)NN)C3. The van der Waals surface area contributed by atoms with Crippen molar-refractivity contribution in [2.24, 2.45) is 5.84 Å². The maximum atomic E-state index is 5.28. The lowest BCUT2D eigenvalue weighted by molar-refractivity contribution is 0.633. The lowest BCUT2D eigenvalue weighted by Crippen LogP contribution is -2.45. The molecule has 94 valence electrons. The Hall–Kier alpha value is -1.59. The Morgan fingerprint density at radius 3 is 3.06 bits per heavy atom. The van der Waals surface area contributed by atoms with Crippen molar-refractivity contribution in [3.63, 3.8) is 0 Å². The second kappa shape index (κ2) is 4.26. The van der Waals surface area contributed by atoms with E-state index in [9.17, 15) is 0 Å². The highest BCUT2D eigenvalue weighted by Crippen LogP contribution is 2.30. The van der Waals surface area contributed by atoms with E-state index < -0.39 is 0 Å². The number of benzene rings is 1. The summed E-state index contributed by atoms with van der Waals surface area (Å²) in [7, 11) is 0. The quantitative estimate of drug-likeness (QED) is 0.354. The van der Waals surface area contributed by atoms with Gasteiger partial charge < -0.3 is 15.7 Å². The summed E-state index contributed by atoms with van der Waals surface area (Å²) < 4.78 is 0. The maximum Gasteiger partial charge on any atom is 0.180 e. The van der Waals surface area contributed by atoms with Crippen LogP contribution in [0.2, 0.25) is 0 Å². The van der Waals surface area contributed by atoms with Crippen LogP contribution < -0.4 is 16.6 Å². The Labute approximate surface area is 111 Å². The van der Waals surface area contributed by atoms with Crippen molar-refractivity contribution in [3.8, 4) is 0 Å². The highest BCUT2D eigenvalue weighted by atomic mass is 32.1. The van der Waals surface area contributed by atoms with Crippen molar-refractivity contribution >= 4 is 28.2 Å². The summed E-state index contributed by atoms with van der Waals surface area (Å²) >= 11 is 5.04. The van der Waals surface area contributed by atoms with E-state index in [1.54, 1.807) is 0 Å². The number of aryl methyl sites for hydroxylation is 1. The highest BCUT2D eigenvalue weighted by Gasteiger charge is 2.25. The van der Waals surface area contributed by atoms with Gasteiger partial charge in [-0.3, -0.25) is 0 Å². The Kier molecular flexibility index (Phi) is 2.72. The first-order chi connectivity index (χ1) is 8.67. The molecule has 1 heterocycles. The largest absolute Gasteiger partial charge is 0.358 e. The molecule has 0 saturated heterocycles. The molecule has 1 aromatic carbocycles. The molecule has 1 atom stereocenters. The molecular weight excluding hydrogens is 244 g/mol. The molecular formula is C13H16N4S. The zero-order chi connectivity index (χ0) is 12.7. The number of aromatic nitrogens is 1. The van der Waals surface area contributed by atoms with Crippen molar-refractivity contribution in [1.29, 1.82) is 0 Å². The molecule has 5 heteroatoms. The summed E-state index contributed by atoms with van der Waals surface area (Å²) in [4.78, 5) is 3.49. The average molecular weight is 260 g/mol. The van der Waals surface area contributed by atoms with Gasteiger partial charge in [0, 0.05) is 29.1 Å². The van der Waals surface area contributed by atoms with Crippen LogP contribution in [0.15, 0.2) is 18.2 Å². The number of nitrogens with two attached hydrogens (primary N) is 1. The van der Waals surface area contributed by atoms with E-state index in [0.717, 1.165) is 12.8 Å². The lowest BCUT2D eigenvalue weighted by atomic mass is 10.1. The number of nitrogens with one attached hydrogen (secondary N) is 3. The van der Waals surface area contributed by atoms with Gasteiger partial charge >= 0.3 is 0 Å². The first-order valence-corrected chi connectivity index (χ1v) is 6.45. The molecule has 1 aliphatic rings. The molecule has 18 heavy (non-hydrogen) atoms. The normalized spacial score (nSPS) is 17.8. The number of hydrogen-bond acceptors (Lipinski definition) is 2. The molecule has 1 aromatic heterocycles. The van der Waals surface area contributed by atoms with Crippen LogP contribution in [0.3, 0.4) is 0 Å². The van der Waals surface area contributed by atoms with Gasteiger partial charge in [-0.1, -0.05) is 11.6 Å². The maximum absolute atomic E-state index is 5.28. The molecule has 2 aromatic rings. The topological polar surface area (TPSA) is 65.9 Å². The second-order valence-corrected chi connectivity index (χ2v) is 5.26. The molecule has 0 aliphatic heterocycles. The zero-order valence-electron chi connectivity index (χ0n) is 10.2. The van der Waals surface area contributed by atoms with E-state index in [1.807, 2.05) is 0 Å². The summed E-state index contributed by atoms with van der Waals surface area (Å²) in [5, 5.41) is 5.06. The van der Waals surface area contributed by atoms with Gasteiger partial charge in [-0.05, 0) is 43.3 Å². The summed E-state index contributed by atoms with van der Waals surface area (Å²) in [6.07, 6.45) is 1.95. The number of aromatic amines is 1. The van der Waals surface area contributed by atoms with Gasteiger partial charge in [0.05, 0.1) is 0 Å². The first kappa shape index (κ1) is 11.5. The molecule has 1 unspecified atom stereocenters. The Balaban J connectivity index is 1.90. The molecule has 0 radical (unpaired) electrons. The number of rotatable bonds is 1. The van der Waals surface area contributed by atoms with Crippen molar-refractivity contribution in [1.82, 2.24) is 15.7 Å². The monoisotopic (exact) mass is 260 g/mol. The third-order valence-corrected chi connectivity index (χ3v) is 3.75. The molecule has 0 bridgehead atoms. The smallest absolute Gasteiger partial charge is 0.180 e. The van der Waals surface area contributed by atoms with Gasteiger partial charge in [-0.15, -0.1) is 0 Å². The third-order valence-electron chi connectivity index (χ3n) is 3.52. The average Bonchev–Trinajstić information content (AvgIpc) is 2.86. The van der Waals surface area contributed by atoms with Crippen molar-refractivity contribution in [2.75, 3.05) is 0 Å². The van der Waals surface area contributed by atoms with Crippen LogP contribution in [0.4, 0.5) is 0 Å². The number of hydrogen-bond donors (Lipinski definition) is 4. The minimum absolute atomic E-state index is 0.333. The predicted molar refractivity (Wildman–Crippen MR) is 77.3 cm³/mol. The summed E-state index contributed by atoms with van der Waals surface area (Å²) in [5.74, 6) is 5.28. The molecule has 0 spiro atoms. The van der Waals surface area contributed by atoms with Crippen LogP contribution in [0.5, 0.6) is 0 Å². The fourth-order valence-corrected chi connectivity index (χ4v) is 2.89. The lowest BCUT2D eigenvalue weighted by Gasteiger charge is -2.13. The van der Waals surface area contributed by atoms with E-state index in [2.05, 4.69) is 40.8 Å². The van der Waals surface area contributed by atoms with Crippen LogP contribution in [-0.2, 0) is 12.8 Å². The number of H-pyrrole nitrogens is 1. The number of hydrazine groups is 1. The van der Waals surface area contributed by atoms with Gasteiger partial charge in [0.15, 0.2) is 5.11 Å². The highest BCUT2D eigenvalue weighted by molar-refractivity contribution is 7.80. The van der Waals surface area contributed by atoms with Gasteiger partial charge in [0.2, 0.25) is 0 Å². The standard InChI is InChI=1S/C13H16N4S/c1-7-2-3-11-9(4-7)10-5-8(6-12(10)16-11)15-13(18)17-14/h2-4,8,16H,5-6,14H2,1H3,(H2,15,17,18). The van der Waals surface area contributed by atoms with Crippen LogP contribution >= 0.6 is 12.2 Å². The summed E-state index contributed by atoms with van der Waals surface area (Å²) in [6.45, 7) is 2.12. The van der Waals surface area contributed by atoms with Crippen molar-refractivity contribution < 1.29 is 0 Å². The summed E-state index contributed by atoms with van der Waals surface area (Å²) in [5.41, 5.74) is 7.71. The van der Waals surface area contributed by atoms with Crippen LogP contribution in [0.25, 0.3) is 10.9 Å². The molecule has 3 rings (SSSR count). The van der Waals surface area contributed by atoms with Crippen LogP contribution in [0, 0.1) is 6.92 Å². The van der Waals surface area contributed by atoms with Gasteiger partial charge in [0.1, 0.15) is 0 Å². The van der Waals surface area contributed by atoms with Crippen LogP contribution in [-0.4, -0.2) is 16.1 Å². The second-order valence-electron chi connectivity index (χ2n) is 4.85. The molecule has 0 amide bonds. The predicted octanol–water partition coefficient (Wildman–Crippen LogP) is 1.28. The number of thiocarbonyl (C=S) groups is 1. The molecule has 5 N–H and O–H groups in total.